The van der Waals surface area contributed by atoms with Crippen molar-refractivity contribution in [1.82, 2.24) is 0 Å². The van der Waals surface area contributed by atoms with E-state index < -0.39 is 0 Å². The minimum Gasteiger partial charge on any atom is -0.206 e. The van der Waals surface area contributed by atoms with Gasteiger partial charge in [0.05, 0.1) is 0 Å². The van der Waals surface area contributed by atoms with Gasteiger partial charge in [0, 0.05) is 5.02 Å². The molecule has 0 aliphatic carbocycles. The highest BCUT2D eigenvalue weighted by Gasteiger charge is 2.09. The van der Waals surface area contributed by atoms with Crippen LogP contribution in [-0.4, -0.2) is 0 Å². The highest BCUT2D eigenvalue weighted by Crippen LogP contribution is 2.24. The lowest BCUT2D eigenvalue weighted by atomic mass is 10.0. The van der Waals surface area contributed by atoms with E-state index >= 15 is 0 Å². The number of hydrogen-bond donors (Lipinski definition) is 0. The zero-order valence-electron chi connectivity index (χ0n) is 7.49. The van der Waals surface area contributed by atoms with Crippen LogP contribution in [0, 0.1) is 12.7 Å². The maximum Gasteiger partial charge on any atom is 0.129 e. The Morgan fingerprint density at radius 2 is 1.92 bits per heavy atom. The molecule has 0 radical (unpaired) electrons. The second-order valence-corrected chi connectivity index (χ2v) is 3.72. The Labute approximate surface area is 77.4 Å². The van der Waals surface area contributed by atoms with Crippen LogP contribution in [0.15, 0.2) is 12.1 Å². The minimum atomic E-state index is -0.130. The molecule has 0 N–H and O–H groups in total. The molecule has 12 heavy (non-hydrogen) atoms. The van der Waals surface area contributed by atoms with Crippen molar-refractivity contribution >= 4 is 11.6 Å². The summed E-state index contributed by atoms with van der Waals surface area (Å²) in [4.78, 5) is 0. The maximum absolute atomic E-state index is 13.4. The van der Waals surface area contributed by atoms with Crippen molar-refractivity contribution in [2.75, 3.05) is 0 Å². The third kappa shape index (κ3) is 1.78. The molecule has 1 aromatic carbocycles. The topological polar surface area (TPSA) is 0 Å². The van der Waals surface area contributed by atoms with Gasteiger partial charge < -0.3 is 0 Å². The summed E-state index contributed by atoms with van der Waals surface area (Å²) >= 11 is 5.80. The molecule has 0 unspecified atom stereocenters. The lowest BCUT2D eigenvalue weighted by Crippen LogP contribution is -1.95. The fraction of sp³-hybridized carbons (Fsp3) is 0.400. The summed E-state index contributed by atoms with van der Waals surface area (Å²) in [5.41, 5.74) is 1.31. The van der Waals surface area contributed by atoms with Crippen molar-refractivity contribution in [3.05, 3.63) is 34.1 Å². The largest absolute Gasteiger partial charge is 0.206 e. The summed E-state index contributed by atoms with van der Waals surface area (Å²) in [7, 11) is 0. The van der Waals surface area contributed by atoms with Crippen molar-refractivity contribution < 1.29 is 4.39 Å². The van der Waals surface area contributed by atoms with Gasteiger partial charge in [-0.15, -0.1) is 0 Å². The normalized spacial score (nSPS) is 10.8. The van der Waals surface area contributed by atoms with Crippen LogP contribution in [0.1, 0.15) is 30.9 Å². The third-order valence-corrected chi connectivity index (χ3v) is 2.09. The average Bonchev–Trinajstić information content (AvgIpc) is 1.96. The van der Waals surface area contributed by atoms with Crippen molar-refractivity contribution in [2.45, 2.75) is 26.7 Å². The lowest BCUT2D eigenvalue weighted by Gasteiger charge is -2.09. The number of aryl methyl sites for hydroxylation is 1. The van der Waals surface area contributed by atoms with Gasteiger partial charge >= 0.3 is 0 Å². The molecule has 0 amide bonds. The number of rotatable bonds is 1. The molecule has 0 aliphatic rings. The molecule has 1 rings (SSSR count). The molecule has 66 valence electrons. The summed E-state index contributed by atoms with van der Waals surface area (Å²) in [6, 6.07) is 3.33. The van der Waals surface area contributed by atoms with Crippen LogP contribution in [0.4, 0.5) is 4.39 Å². The van der Waals surface area contributed by atoms with Crippen LogP contribution in [0.3, 0.4) is 0 Å². The Morgan fingerprint density at radius 3 is 2.42 bits per heavy atom. The molecule has 0 fully saturated rings. The second kappa shape index (κ2) is 3.44. The standard InChI is InChI=1S/C10H12ClF/c1-6(2)9-5-8(11)4-7(3)10(9)12/h4-6H,1-3H3. The molecule has 0 spiro atoms. The Morgan fingerprint density at radius 1 is 1.33 bits per heavy atom. The van der Waals surface area contributed by atoms with Crippen LogP contribution in [0.2, 0.25) is 5.02 Å². The number of halogens is 2. The van der Waals surface area contributed by atoms with Crippen LogP contribution < -0.4 is 0 Å². The van der Waals surface area contributed by atoms with E-state index in [2.05, 4.69) is 0 Å². The van der Waals surface area contributed by atoms with E-state index in [1.807, 2.05) is 13.8 Å². The van der Waals surface area contributed by atoms with E-state index in [1.54, 1.807) is 19.1 Å². The molecule has 0 nitrogen and oxygen atoms in total. The van der Waals surface area contributed by atoms with Gasteiger partial charge in [-0.2, -0.15) is 0 Å². The van der Waals surface area contributed by atoms with Crippen molar-refractivity contribution in [3.63, 3.8) is 0 Å². The Hall–Kier alpha value is -0.560. The highest BCUT2D eigenvalue weighted by molar-refractivity contribution is 6.30. The summed E-state index contributed by atoms with van der Waals surface area (Å²) in [6.07, 6.45) is 0. The van der Waals surface area contributed by atoms with Crippen LogP contribution in [-0.2, 0) is 0 Å². The minimum absolute atomic E-state index is 0.130. The number of benzene rings is 1. The van der Waals surface area contributed by atoms with Crippen LogP contribution >= 0.6 is 11.6 Å². The fourth-order valence-electron chi connectivity index (χ4n) is 1.17. The zero-order valence-corrected chi connectivity index (χ0v) is 8.24. The van der Waals surface area contributed by atoms with Crippen molar-refractivity contribution in [3.8, 4) is 0 Å². The van der Waals surface area contributed by atoms with Gasteiger partial charge in [0.25, 0.3) is 0 Å². The summed E-state index contributed by atoms with van der Waals surface area (Å²) in [6.45, 7) is 5.63. The van der Waals surface area contributed by atoms with Crippen LogP contribution in [0.25, 0.3) is 0 Å². The molecule has 1 aromatic rings. The Bertz CT molecular complexity index is 292. The zero-order chi connectivity index (χ0) is 9.30. The average molecular weight is 187 g/mol. The maximum atomic E-state index is 13.4. The van der Waals surface area contributed by atoms with Gasteiger partial charge in [-0.1, -0.05) is 25.4 Å². The molecular weight excluding hydrogens is 175 g/mol. The number of hydrogen-bond acceptors (Lipinski definition) is 0. The molecule has 0 atom stereocenters. The first-order valence-corrected chi connectivity index (χ1v) is 4.35. The van der Waals surface area contributed by atoms with E-state index in [1.165, 1.54) is 0 Å². The molecule has 0 heterocycles. The van der Waals surface area contributed by atoms with Crippen LogP contribution in [0.5, 0.6) is 0 Å². The van der Waals surface area contributed by atoms with Crippen molar-refractivity contribution in [1.29, 1.82) is 0 Å². The van der Waals surface area contributed by atoms with E-state index in [4.69, 9.17) is 11.6 Å². The second-order valence-electron chi connectivity index (χ2n) is 3.28. The lowest BCUT2D eigenvalue weighted by molar-refractivity contribution is 0.590. The molecule has 0 bridgehead atoms. The molecule has 0 saturated carbocycles. The molecule has 2 heteroatoms. The predicted octanol–water partition coefficient (Wildman–Crippen LogP) is 3.91. The summed E-state index contributed by atoms with van der Waals surface area (Å²) in [5.74, 6) is 0.0526. The highest BCUT2D eigenvalue weighted by atomic mass is 35.5. The fourth-order valence-corrected chi connectivity index (χ4v) is 1.45. The van der Waals surface area contributed by atoms with E-state index in [0.29, 0.717) is 16.1 Å². The van der Waals surface area contributed by atoms with Gasteiger partial charge in [-0.3, -0.25) is 0 Å². The van der Waals surface area contributed by atoms with Gasteiger partial charge in [-0.25, -0.2) is 4.39 Å². The van der Waals surface area contributed by atoms with Gasteiger partial charge in [0.15, 0.2) is 0 Å². The summed E-state index contributed by atoms with van der Waals surface area (Å²) in [5, 5.41) is 0.609. The molecule has 0 aromatic heterocycles. The smallest absolute Gasteiger partial charge is 0.129 e. The van der Waals surface area contributed by atoms with E-state index in [9.17, 15) is 4.39 Å². The molecule has 0 aliphatic heterocycles. The first-order chi connectivity index (χ1) is 5.52. The third-order valence-electron chi connectivity index (χ3n) is 1.87. The predicted molar refractivity (Wildman–Crippen MR) is 50.2 cm³/mol. The SMILES string of the molecule is Cc1cc(Cl)cc(C(C)C)c1F. The van der Waals surface area contributed by atoms with Gasteiger partial charge in [-0.05, 0) is 36.1 Å². The van der Waals surface area contributed by atoms with Crippen molar-refractivity contribution in [2.24, 2.45) is 0 Å². The van der Waals surface area contributed by atoms with Gasteiger partial charge in [0.2, 0.25) is 0 Å². The van der Waals surface area contributed by atoms with Gasteiger partial charge in [0.1, 0.15) is 5.82 Å². The Kier molecular flexibility index (Phi) is 2.73. The van der Waals surface area contributed by atoms with E-state index in [-0.39, 0.29) is 11.7 Å². The quantitative estimate of drug-likeness (QED) is 0.624. The molecular formula is C10H12ClF. The molecule has 0 saturated heterocycles. The summed E-state index contributed by atoms with van der Waals surface area (Å²) < 4.78 is 13.4. The first kappa shape index (κ1) is 9.53. The monoisotopic (exact) mass is 186 g/mol. The first-order valence-electron chi connectivity index (χ1n) is 3.98. The van der Waals surface area contributed by atoms with E-state index in [0.717, 1.165) is 0 Å². The Balaban J connectivity index is 3.28.